The molecular formula is C21H22. The average Bonchev–Trinajstić information content (AvgIpc) is 2.50. The summed E-state index contributed by atoms with van der Waals surface area (Å²) in [5.74, 6) is 0. The van der Waals surface area contributed by atoms with E-state index in [0.717, 1.165) is 17.6 Å². The Hall–Kier alpha value is -2.34. The van der Waals surface area contributed by atoms with Crippen LogP contribution in [0.25, 0.3) is 16.3 Å². The SMILES string of the molecule is C=C/C=C(\C=C)C(=C)c1c(CC)ccc2cc(C)ccc12. The van der Waals surface area contributed by atoms with Gasteiger partial charge in [0.15, 0.2) is 0 Å². The van der Waals surface area contributed by atoms with Crippen LogP contribution in [0, 0.1) is 6.92 Å². The molecular weight excluding hydrogens is 252 g/mol. The van der Waals surface area contributed by atoms with Gasteiger partial charge in [-0.25, -0.2) is 0 Å². The summed E-state index contributed by atoms with van der Waals surface area (Å²) in [6.45, 7) is 16.3. The maximum absolute atomic E-state index is 4.31. The van der Waals surface area contributed by atoms with Crippen LogP contribution in [0.4, 0.5) is 0 Å². The standard InChI is InChI=1S/C21H22/c1-6-9-17(7-2)16(5)21-18(8-3)11-12-19-14-15(4)10-13-20(19)21/h6-7,9-14H,1-2,5,8H2,3-4H3/b17-9+. The van der Waals surface area contributed by atoms with E-state index >= 15 is 0 Å². The zero-order valence-electron chi connectivity index (χ0n) is 12.9. The molecule has 2 aromatic rings. The van der Waals surface area contributed by atoms with Gasteiger partial charge in [0, 0.05) is 0 Å². The highest BCUT2D eigenvalue weighted by Crippen LogP contribution is 2.33. The predicted octanol–water partition coefficient (Wildman–Crippen LogP) is 6.02. The lowest BCUT2D eigenvalue weighted by Gasteiger charge is -2.16. The van der Waals surface area contributed by atoms with Crippen molar-refractivity contribution in [2.45, 2.75) is 20.3 Å². The van der Waals surface area contributed by atoms with Crippen LogP contribution in [0.2, 0.25) is 0 Å². The van der Waals surface area contributed by atoms with Crippen LogP contribution in [-0.4, -0.2) is 0 Å². The Bertz CT molecular complexity index is 742. The number of fused-ring (bicyclic) bond motifs is 1. The Kier molecular flexibility index (Phi) is 4.59. The highest BCUT2D eigenvalue weighted by atomic mass is 14.2. The molecule has 106 valence electrons. The summed E-state index contributed by atoms with van der Waals surface area (Å²) in [7, 11) is 0. The molecule has 0 aliphatic heterocycles. The first kappa shape index (κ1) is 15.1. The first-order valence-corrected chi connectivity index (χ1v) is 7.29. The molecule has 0 aliphatic carbocycles. The van der Waals surface area contributed by atoms with Crippen LogP contribution in [0.5, 0.6) is 0 Å². The van der Waals surface area contributed by atoms with Gasteiger partial charge in [-0.2, -0.15) is 0 Å². The van der Waals surface area contributed by atoms with E-state index in [1.165, 1.54) is 27.5 Å². The Balaban J connectivity index is 2.76. The van der Waals surface area contributed by atoms with Crippen molar-refractivity contribution in [1.82, 2.24) is 0 Å². The highest BCUT2D eigenvalue weighted by molar-refractivity contribution is 5.99. The molecule has 0 spiro atoms. The molecule has 0 radical (unpaired) electrons. The van der Waals surface area contributed by atoms with E-state index in [-0.39, 0.29) is 0 Å². The summed E-state index contributed by atoms with van der Waals surface area (Å²) in [4.78, 5) is 0. The lowest BCUT2D eigenvalue weighted by molar-refractivity contribution is 1.14. The van der Waals surface area contributed by atoms with Gasteiger partial charge in [0.25, 0.3) is 0 Å². The molecule has 0 unspecified atom stereocenters. The number of benzene rings is 2. The molecule has 0 N–H and O–H groups in total. The smallest absolute Gasteiger partial charge is 0.00734 e. The van der Waals surface area contributed by atoms with Gasteiger partial charge in [-0.3, -0.25) is 0 Å². The second kappa shape index (κ2) is 6.41. The summed E-state index contributed by atoms with van der Waals surface area (Å²) >= 11 is 0. The molecule has 0 atom stereocenters. The van der Waals surface area contributed by atoms with Crippen molar-refractivity contribution < 1.29 is 0 Å². The minimum atomic E-state index is 0.983. The first-order chi connectivity index (χ1) is 10.1. The van der Waals surface area contributed by atoms with Gasteiger partial charge in [-0.15, -0.1) is 0 Å². The number of allylic oxidation sites excluding steroid dienone is 5. The van der Waals surface area contributed by atoms with Crippen molar-refractivity contribution in [3.63, 3.8) is 0 Å². The normalized spacial score (nSPS) is 11.4. The van der Waals surface area contributed by atoms with Gasteiger partial charge in [0.1, 0.15) is 0 Å². The maximum Gasteiger partial charge on any atom is -0.00734 e. The highest BCUT2D eigenvalue weighted by Gasteiger charge is 2.11. The lowest BCUT2D eigenvalue weighted by Crippen LogP contribution is -1.95. The quantitative estimate of drug-likeness (QED) is 0.585. The number of aryl methyl sites for hydroxylation is 2. The van der Waals surface area contributed by atoms with Gasteiger partial charge in [-0.1, -0.05) is 80.8 Å². The molecule has 0 bridgehead atoms. The lowest BCUT2D eigenvalue weighted by atomic mass is 9.88. The Labute approximate surface area is 127 Å². The molecule has 21 heavy (non-hydrogen) atoms. The van der Waals surface area contributed by atoms with E-state index in [4.69, 9.17) is 0 Å². The van der Waals surface area contributed by atoms with Gasteiger partial charge >= 0.3 is 0 Å². The maximum atomic E-state index is 4.31. The van der Waals surface area contributed by atoms with E-state index < -0.39 is 0 Å². The Morgan fingerprint density at radius 1 is 1.14 bits per heavy atom. The molecule has 0 heteroatoms. The van der Waals surface area contributed by atoms with Crippen LogP contribution in [0.3, 0.4) is 0 Å². The molecule has 2 aromatic carbocycles. The van der Waals surface area contributed by atoms with Crippen molar-refractivity contribution in [1.29, 1.82) is 0 Å². The molecule has 0 saturated carbocycles. The van der Waals surface area contributed by atoms with Crippen molar-refractivity contribution in [2.24, 2.45) is 0 Å². The summed E-state index contributed by atoms with van der Waals surface area (Å²) in [6.07, 6.45) is 6.57. The Morgan fingerprint density at radius 2 is 1.90 bits per heavy atom. The summed E-state index contributed by atoms with van der Waals surface area (Å²) in [5, 5.41) is 2.51. The third-order valence-corrected chi connectivity index (χ3v) is 3.81. The van der Waals surface area contributed by atoms with Gasteiger partial charge in [-0.05, 0) is 46.4 Å². The third kappa shape index (κ3) is 2.90. The van der Waals surface area contributed by atoms with Crippen molar-refractivity contribution >= 4 is 16.3 Å². The van der Waals surface area contributed by atoms with Gasteiger partial charge in [0.2, 0.25) is 0 Å². The van der Waals surface area contributed by atoms with Crippen molar-refractivity contribution in [3.8, 4) is 0 Å². The van der Waals surface area contributed by atoms with Gasteiger partial charge < -0.3 is 0 Å². The molecule has 0 nitrogen and oxygen atoms in total. The zero-order valence-corrected chi connectivity index (χ0v) is 12.9. The molecule has 2 rings (SSSR count). The topological polar surface area (TPSA) is 0 Å². The molecule has 0 fully saturated rings. The average molecular weight is 274 g/mol. The van der Waals surface area contributed by atoms with Crippen molar-refractivity contribution in [3.05, 3.63) is 90.6 Å². The van der Waals surface area contributed by atoms with E-state index in [2.05, 4.69) is 63.9 Å². The van der Waals surface area contributed by atoms with Crippen LogP contribution >= 0.6 is 0 Å². The summed E-state index contributed by atoms with van der Waals surface area (Å²) in [6, 6.07) is 11.0. The monoisotopic (exact) mass is 274 g/mol. The fourth-order valence-corrected chi connectivity index (χ4v) is 2.71. The summed E-state index contributed by atoms with van der Waals surface area (Å²) < 4.78 is 0. The minimum Gasteiger partial charge on any atom is -0.0990 e. The van der Waals surface area contributed by atoms with Gasteiger partial charge in [0.05, 0.1) is 0 Å². The fraction of sp³-hybridized carbons (Fsp3) is 0.143. The number of rotatable bonds is 5. The molecule has 0 aliphatic rings. The number of hydrogen-bond acceptors (Lipinski definition) is 0. The van der Waals surface area contributed by atoms with Crippen molar-refractivity contribution in [2.75, 3.05) is 0 Å². The molecule has 0 heterocycles. The van der Waals surface area contributed by atoms with E-state index in [0.29, 0.717) is 0 Å². The summed E-state index contributed by atoms with van der Waals surface area (Å²) in [5.41, 5.74) is 5.84. The van der Waals surface area contributed by atoms with Crippen LogP contribution < -0.4 is 0 Å². The minimum absolute atomic E-state index is 0.983. The van der Waals surface area contributed by atoms with E-state index in [1.807, 2.05) is 12.2 Å². The third-order valence-electron chi connectivity index (χ3n) is 3.81. The second-order valence-electron chi connectivity index (χ2n) is 5.22. The van der Waals surface area contributed by atoms with Crippen LogP contribution in [0.1, 0.15) is 23.6 Å². The Morgan fingerprint density at radius 3 is 2.52 bits per heavy atom. The first-order valence-electron chi connectivity index (χ1n) is 7.29. The molecule has 0 aromatic heterocycles. The zero-order chi connectivity index (χ0) is 15.4. The largest absolute Gasteiger partial charge is 0.0990 e. The molecule has 0 saturated heterocycles. The fourth-order valence-electron chi connectivity index (χ4n) is 2.71. The van der Waals surface area contributed by atoms with Crippen LogP contribution in [-0.2, 0) is 6.42 Å². The second-order valence-corrected chi connectivity index (χ2v) is 5.22. The van der Waals surface area contributed by atoms with E-state index in [9.17, 15) is 0 Å². The molecule has 0 amide bonds. The van der Waals surface area contributed by atoms with Crippen LogP contribution in [0.15, 0.2) is 73.9 Å². The predicted molar refractivity (Wildman–Crippen MR) is 95.6 cm³/mol. The number of hydrogen-bond donors (Lipinski definition) is 0. The van der Waals surface area contributed by atoms with E-state index in [1.54, 1.807) is 6.08 Å².